The fraction of sp³-hybridized carbons (Fsp3) is 0.727. The van der Waals surface area contributed by atoms with Gasteiger partial charge in [-0.15, -0.1) is 10.2 Å². The van der Waals surface area contributed by atoms with Crippen LogP contribution in [0.25, 0.3) is 0 Å². The number of rotatable bonds is 2. The Labute approximate surface area is 98.6 Å². The first kappa shape index (κ1) is 10.7. The number of hydrogen-bond donors (Lipinski definition) is 1. The van der Waals surface area contributed by atoms with Gasteiger partial charge in [0.05, 0.1) is 12.5 Å². The average molecular weight is 237 g/mol. The number of hydrogen-bond acceptors (Lipinski definition) is 4. The number of carboxylic acid groups (broad SMARTS) is 1. The molecule has 0 saturated carbocycles. The summed E-state index contributed by atoms with van der Waals surface area (Å²) in [5.74, 6) is 1.08. The lowest BCUT2D eigenvalue weighted by molar-refractivity contribution is -0.142. The van der Waals surface area contributed by atoms with Crippen LogP contribution < -0.4 is 0 Å². The second kappa shape index (κ2) is 4.10. The van der Waals surface area contributed by atoms with Gasteiger partial charge in [0.15, 0.2) is 0 Å². The number of nitrogens with zero attached hydrogens (tertiary/aromatic N) is 3. The lowest BCUT2D eigenvalue weighted by Gasteiger charge is -2.22. The summed E-state index contributed by atoms with van der Waals surface area (Å²) >= 11 is 0. The van der Waals surface area contributed by atoms with Crippen LogP contribution >= 0.6 is 0 Å². The van der Waals surface area contributed by atoms with E-state index >= 15 is 0 Å². The molecule has 3 heterocycles. The van der Waals surface area contributed by atoms with Crippen molar-refractivity contribution in [1.82, 2.24) is 14.8 Å². The fourth-order valence-corrected chi connectivity index (χ4v) is 2.59. The van der Waals surface area contributed by atoms with Gasteiger partial charge in [-0.05, 0) is 12.8 Å². The van der Waals surface area contributed by atoms with Crippen molar-refractivity contribution in [2.45, 2.75) is 31.7 Å². The monoisotopic (exact) mass is 237 g/mol. The molecule has 1 aromatic rings. The standard InChI is InChI=1S/C11H15N3O3/c15-11(16)7-1-2-9-12-13-10(14(9)5-7)8-3-4-17-6-8/h7-8H,1-6H2,(H,15,16). The van der Waals surface area contributed by atoms with Crippen LogP contribution in [0.4, 0.5) is 0 Å². The number of carbonyl (C=O) groups is 1. The first-order valence-electron chi connectivity index (χ1n) is 5.98. The molecule has 2 unspecified atom stereocenters. The average Bonchev–Trinajstić information content (AvgIpc) is 2.96. The molecule has 2 aliphatic rings. The maximum absolute atomic E-state index is 11.0. The molecule has 17 heavy (non-hydrogen) atoms. The Morgan fingerprint density at radius 1 is 1.41 bits per heavy atom. The lowest BCUT2D eigenvalue weighted by atomic mass is 9.98. The number of aromatic nitrogens is 3. The first-order valence-corrected chi connectivity index (χ1v) is 5.98. The molecule has 2 atom stereocenters. The molecular weight excluding hydrogens is 222 g/mol. The minimum absolute atomic E-state index is 0.281. The van der Waals surface area contributed by atoms with Gasteiger partial charge < -0.3 is 14.4 Å². The van der Waals surface area contributed by atoms with Gasteiger partial charge in [-0.1, -0.05) is 0 Å². The Hall–Kier alpha value is -1.43. The van der Waals surface area contributed by atoms with Crippen LogP contribution in [0, 0.1) is 5.92 Å². The summed E-state index contributed by atoms with van der Waals surface area (Å²) in [4.78, 5) is 11.0. The van der Waals surface area contributed by atoms with Crippen LogP contribution in [0.15, 0.2) is 0 Å². The normalized spacial score (nSPS) is 28.0. The molecule has 0 aliphatic carbocycles. The largest absolute Gasteiger partial charge is 0.481 e. The molecule has 1 N–H and O–H groups in total. The molecule has 6 nitrogen and oxygen atoms in total. The zero-order valence-electron chi connectivity index (χ0n) is 9.50. The summed E-state index contributed by atoms with van der Waals surface area (Å²) in [5, 5.41) is 17.5. The van der Waals surface area contributed by atoms with Crippen LogP contribution in [-0.2, 0) is 22.5 Å². The molecule has 0 radical (unpaired) electrons. The van der Waals surface area contributed by atoms with Gasteiger partial charge in [-0.2, -0.15) is 0 Å². The Morgan fingerprint density at radius 2 is 2.29 bits per heavy atom. The van der Waals surface area contributed by atoms with E-state index in [1.165, 1.54) is 0 Å². The SMILES string of the molecule is O=C(O)C1CCc2nnc(C3CCOC3)n2C1. The zero-order valence-corrected chi connectivity index (χ0v) is 9.50. The second-order valence-electron chi connectivity index (χ2n) is 4.72. The molecule has 0 bridgehead atoms. The highest BCUT2D eigenvalue weighted by atomic mass is 16.5. The lowest BCUT2D eigenvalue weighted by Crippen LogP contribution is -2.28. The van der Waals surface area contributed by atoms with Gasteiger partial charge in [0.2, 0.25) is 0 Å². The molecule has 1 aromatic heterocycles. The van der Waals surface area contributed by atoms with E-state index in [1.54, 1.807) is 0 Å². The first-order chi connectivity index (χ1) is 8.25. The van der Waals surface area contributed by atoms with Crippen molar-refractivity contribution in [2.24, 2.45) is 5.92 Å². The van der Waals surface area contributed by atoms with Crippen molar-refractivity contribution in [2.75, 3.05) is 13.2 Å². The Kier molecular flexibility index (Phi) is 2.58. The van der Waals surface area contributed by atoms with E-state index in [1.807, 2.05) is 4.57 Å². The highest BCUT2D eigenvalue weighted by molar-refractivity contribution is 5.70. The molecule has 1 fully saturated rings. The van der Waals surface area contributed by atoms with Gasteiger partial charge in [0.1, 0.15) is 11.6 Å². The smallest absolute Gasteiger partial charge is 0.308 e. The Bertz CT molecular complexity index is 437. The van der Waals surface area contributed by atoms with Crippen molar-refractivity contribution in [3.63, 3.8) is 0 Å². The molecule has 1 saturated heterocycles. The van der Waals surface area contributed by atoms with Gasteiger partial charge in [-0.3, -0.25) is 4.79 Å². The van der Waals surface area contributed by atoms with E-state index in [-0.39, 0.29) is 11.8 Å². The third-order valence-corrected chi connectivity index (χ3v) is 3.62. The van der Waals surface area contributed by atoms with Crippen molar-refractivity contribution in [3.8, 4) is 0 Å². The number of aryl methyl sites for hydroxylation is 1. The third-order valence-electron chi connectivity index (χ3n) is 3.62. The van der Waals surface area contributed by atoms with E-state index in [2.05, 4.69) is 10.2 Å². The van der Waals surface area contributed by atoms with Crippen LogP contribution in [0.1, 0.15) is 30.4 Å². The minimum atomic E-state index is -0.724. The summed E-state index contributed by atoms with van der Waals surface area (Å²) in [6.45, 7) is 1.94. The summed E-state index contributed by atoms with van der Waals surface area (Å²) in [6, 6.07) is 0. The maximum Gasteiger partial charge on any atom is 0.308 e. The molecule has 0 spiro atoms. The van der Waals surface area contributed by atoms with Crippen molar-refractivity contribution >= 4 is 5.97 Å². The third kappa shape index (κ3) is 1.82. The summed E-state index contributed by atoms with van der Waals surface area (Å²) in [6.07, 6.45) is 2.32. The van der Waals surface area contributed by atoms with E-state index in [0.717, 1.165) is 24.7 Å². The fourth-order valence-electron chi connectivity index (χ4n) is 2.59. The van der Waals surface area contributed by atoms with Crippen molar-refractivity contribution in [3.05, 3.63) is 11.6 Å². The number of ether oxygens (including phenoxy) is 1. The van der Waals surface area contributed by atoms with Crippen LogP contribution in [0.3, 0.4) is 0 Å². The number of carboxylic acids is 1. The predicted octanol–water partition coefficient (Wildman–Crippen LogP) is 0.429. The zero-order chi connectivity index (χ0) is 11.8. The summed E-state index contributed by atoms with van der Waals surface area (Å²) < 4.78 is 7.34. The van der Waals surface area contributed by atoms with E-state index in [0.29, 0.717) is 26.0 Å². The maximum atomic E-state index is 11.0. The topological polar surface area (TPSA) is 77.2 Å². The summed E-state index contributed by atoms with van der Waals surface area (Å²) in [7, 11) is 0. The molecule has 6 heteroatoms. The summed E-state index contributed by atoms with van der Waals surface area (Å²) in [5.41, 5.74) is 0. The second-order valence-corrected chi connectivity index (χ2v) is 4.72. The van der Waals surface area contributed by atoms with Crippen molar-refractivity contribution in [1.29, 1.82) is 0 Å². The Balaban J connectivity index is 1.88. The van der Waals surface area contributed by atoms with Gasteiger partial charge in [0, 0.05) is 25.5 Å². The van der Waals surface area contributed by atoms with E-state index in [4.69, 9.17) is 9.84 Å². The van der Waals surface area contributed by atoms with Crippen molar-refractivity contribution < 1.29 is 14.6 Å². The van der Waals surface area contributed by atoms with E-state index in [9.17, 15) is 4.79 Å². The highest BCUT2D eigenvalue weighted by Crippen LogP contribution is 2.28. The predicted molar refractivity (Wildman–Crippen MR) is 57.6 cm³/mol. The van der Waals surface area contributed by atoms with Crippen LogP contribution in [0.5, 0.6) is 0 Å². The van der Waals surface area contributed by atoms with Gasteiger partial charge >= 0.3 is 5.97 Å². The van der Waals surface area contributed by atoms with Crippen LogP contribution in [0.2, 0.25) is 0 Å². The minimum Gasteiger partial charge on any atom is -0.481 e. The van der Waals surface area contributed by atoms with Gasteiger partial charge in [0.25, 0.3) is 0 Å². The molecule has 0 aromatic carbocycles. The number of fused-ring (bicyclic) bond motifs is 1. The van der Waals surface area contributed by atoms with Crippen LogP contribution in [-0.4, -0.2) is 39.1 Å². The molecule has 3 rings (SSSR count). The van der Waals surface area contributed by atoms with E-state index < -0.39 is 5.97 Å². The molecule has 0 amide bonds. The highest BCUT2D eigenvalue weighted by Gasteiger charge is 2.31. The molecule has 2 aliphatic heterocycles. The van der Waals surface area contributed by atoms with Gasteiger partial charge in [-0.25, -0.2) is 0 Å². The molecular formula is C11H15N3O3. The quantitative estimate of drug-likeness (QED) is 0.807. The molecule has 92 valence electrons. The number of aliphatic carboxylic acids is 1. The Morgan fingerprint density at radius 3 is 3.00 bits per heavy atom.